The highest BCUT2D eigenvalue weighted by molar-refractivity contribution is 7.90. The molecule has 27 heavy (non-hydrogen) atoms. The molecular weight excluding hydrogens is 388 g/mol. The van der Waals surface area contributed by atoms with Crippen molar-refractivity contribution in [3.8, 4) is 5.75 Å². The Hall–Kier alpha value is -1.94. The van der Waals surface area contributed by atoms with E-state index in [1.165, 1.54) is 24.3 Å². The molecule has 0 radical (unpaired) electrons. The summed E-state index contributed by atoms with van der Waals surface area (Å²) >= 11 is 0. The van der Waals surface area contributed by atoms with Crippen LogP contribution in [-0.2, 0) is 19.9 Å². The largest absolute Gasteiger partial charge is 0.497 e. The standard InChI is InChI=1S/C18H24N2O5S2/c1-20(2)18(14-6-5-7-15(12-14)25-3)13-19-27(23,24)17-10-8-16(9-11-17)26(4,21)22/h5-12,18-19H,13H2,1-4H3/t18-/m1/s1. The number of sulfonamides is 1. The average Bonchev–Trinajstić information content (AvgIpc) is 2.61. The number of benzene rings is 2. The normalized spacial score (nSPS) is 13.5. The van der Waals surface area contributed by atoms with Crippen molar-refractivity contribution in [1.29, 1.82) is 0 Å². The van der Waals surface area contributed by atoms with Crippen molar-refractivity contribution >= 4 is 19.9 Å². The summed E-state index contributed by atoms with van der Waals surface area (Å²) in [6.07, 6.45) is 1.07. The summed E-state index contributed by atoms with van der Waals surface area (Å²) in [7, 11) is -1.86. The molecule has 0 aromatic heterocycles. The van der Waals surface area contributed by atoms with Gasteiger partial charge in [-0.1, -0.05) is 12.1 Å². The Bertz CT molecular complexity index is 985. The fourth-order valence-corrected chi connectivity index (χ4v) is 4.25. The van der Waals surface area contributed by atoms with Gasteiger partial charge in [0.05, 0.1) is 16.9 Å². The topological polar surface area (TPSA) is 92.8 Å². The second kappa shape index (κ2) is 8.39. The molecule has 1 N–H and O–H groups in total. The van der Waals surface area contributed by atoms with E-state index in [0.717, 1.165) is 11.8 Å². The fraction of sp³-hybridized carbons (Fsp3) is 0.333. The van der Waals surface area contributed by atoms with E-state index in [0.29, 0.717) is 5.75 Å². The summed E-state index contributed by atoms with van der Waals surface area (Å²) in [6, 6.07) is 12.4. The van der Waals surface area contributed by atoms with Gasteiger partial charge in [-0.2, -0.15) is 0 Å². The SMILES string of the molecule is COc1cccc([C@@H](CNS(=O)(=O)c2ccc(S(C)(=O)=O)cc2)N(C)C)c1. The van der Waals surface area contributed by atoms with Crippen molar-refractivity contribution in [2.24, 2.45) is 0 Å². The summed E-state index contributed by atoms with van der Waals surface area (Å²) in [4.78, 5) is 1.99. The van der Waals surface area contributed by atoms with Crippen LogP contribution >= 0.6 is 0 Å². The molecule has 7 nitrogen and oxygen atoms in total. The number of nitrogens with one attached hydrogen (secondary N) is 1. The van der Waals surface area contributed by atoms with E-state index in [2.05, 4.69) is 4.72 Å². The van der Waals surface area contributed by atoms with Crippen LogP contribution in [0.5, 0.6) is 5.75 Å². The van der Waals surface area contributed by atoms with Crippen LogP contribution in [0.25, 0.3) is 0 Å². The Morgan fingerprint density at radius 3 is 2.11 bits per heavy atom. The van der Waals surface area contributed by atoms with E-state index in [-0.39, 0.29) is 22.4 Å². The summed E-state index contributed by atoms with van der Waals surface area (Å²) in [5.74, 6) is 0.693. The molecule has 0 saturated carbocycles. The molecular formula is C18H24N2O5S2. The Kier molecular flexibility index (Phi) is 6.63. The van der Waals surface area contributed by atoms with Crippen molar-refractivity contribution < 1.29 is 21.6 Å². The van der Waals surface area contributed by atoms with Gasteiger partial charge in [-0.15, -0.1) is 0 Å². The van der Waals surface area contributed by atoms with Crippen LogP contribution in [0, 0.1) is 0 Å². The Balaban J connectivity index is 2.20. The minimum Gasteiger partial charge on any atom is -0.497 e. The molecule has 2 aromatic carbocycles. The van der Waals surface area contributed by atoms with Gasteiger partial charge in [0.15, 0.2) is 9.84 Å². The van der Waals surface area contributed by atoms with Crippen molar-refractivity contribution in [3.05, 3.63) is 54.1 Å². The molecule has 0 heterocycles. The van der Waals surface area contributed by atoms with Gasteiger partial charge in [0, 0.05) is 18.8 Å². The first-order chi connectivity index (χ1) is 12.5. The lowest BCUT2D eigenvalue weighted by molar-refractivity contribution is 0.298. The van der Waals surface area contributed by atoms with Crippen LogP contribution in [-0.4, -0.2) is 55.7 Å². The van der Waals surface area contributed by atoms with Crippen LogP contribution in [0.1, 0.15) is 11.6 Å². The van der Waals surface area contributed by atoms with E-state index in [1.807, 2.05) is 43.3 Å². The van der Waals surface area contributed by atoms with Crippen molar-refractivity contribution in [3.63, 3.8) is 0 Å². The number of nitrogens with zero attached hydrogens (tertiary/aromatic N) is 1. The molecule has 148 valence electrons. The van der Waals surface area contributed by atoms with Crippen LogP contribution in [0.2, 0.25) is 0 Å². The molecule has 0 aliphatic carbocycles. The maximum Gasteiger partial charge on any atom is 0.240 e. The lowest BCUT2D eigenvalue weighted by Crippen LogP contribution is -2.34. The molecule has 0 aliphatic rings. The first kappa shape index (κ1) is 21.4. The van der Waals surface area contributed by atoms with Gasteiger partial charge in [0.25, 0.3) is 0 Å². The zero-order chi connectivity index (χ0) is 20.2. The summed E-state index contributed by atoms with van der Waals surface area (Å²) < 4.78 is 56.0. The van der Waals surface area contributed by atoms with Gasteiger partial charge < -0.3 is 9.64 Å². The molecule has 0 spiro atoms. The third-order valence-corrected chi connectivity index (χ3v) is 6.70. The highest BCUT2D eigenvalue weighted by Crippen LogP contribution is 2.23. The Labute approximate surface area is 160 Å². The third-order valence-electron chi connectivity index (χ3n) is 4.13. The van der Waals surface area contributed by atoms with Gasteiger partial charge in [-0.05, 0) is 56.1 Å². The first-order valence-corrected chi connectivity index (χ1v) is 11.5. The van der Waals surface area contributed by atoms with Crippen LogP contribution in [0.4, 0.5) is 0 Å². The summed E-state index contributed by atoms with van der Waals surface area (Å²) in [6.45, 7) is 0.149. The maximum absolute atomic E-state index is 12.6. The quantitative estimate of drug-likeness (QED) is 0.709. The average molecular weight is 413 g/mol. The summed E-state index contributed by atoms with van der Waals surface area (Å²) in [5.41, 5.74) is 0.912. The molecule has 2 rings (SSSR count). The molecule has 0 saturated heterocycles. The van der Waals surface area contributed by atoms with Crippen molar-refractivity contribution in [1.82, 2.24) is 9.62 Å². The third kappa shape index (κ3) is 5.52. The predicted molar refractivity (Wildman–Crippen MR) is 104 cm³/mol. The molecule has 0 amide bonds. The number of likely N-dealkylation sites (N-methyl/N-ethyl adjacent to an activating group) is 1. The molecule has 9 heteroatoms. The predicted octanol–water partition coefficient (Wildman–Crippen LogP) is 1.68. The maximum atomic E-state index is 12.6. The second-order valence-electron chi connectivity index (χ2n) is 6.35. The molecule has 0 fully saturated rings. The van der Waals surface area contributed by atoms with Crippen LogP contribution < -0.4 is 9.46 Å². The summed E-state index contributed by atoms with van der Waals surface area (Å²) in [5, 5.41) is 0. The van der Waals surface area contributed by atoms with Crippen molar-refractivity contribution in [2.45, 2.75) is 15.8 Å². The highest BCUT2D eigenvalue weighted by atomic mass is 32.2. The van der Waals surface area contributed by atoms with Crippen molar-refractivity contribution in [2.75, 3.05) is 34.0 Å². The molecule has 0 bridgehead atoms. The van der Waals surface area contributed by atoms with Gasteiger partial charge in [0.2, 0.25) is 10.0 Å². The van der Waals surface area contributed by atoms with E-state index in [9.17, 15) is 16.8 Å². The van der Waals surface area contributed by atoms with E-state index < -0.39 is 19.9 Å². The zero-order valence-corrected chi connectivity index (χ0v) is 17.3. The monoisotopic (exact) mass is 412 g/mol. The number of hydrogen-bond acceptors (Lipinski definition) is 6. The van der Waals surface area contributed by atoms with E-state index in [1.54, 1.807) is 7.11 Å². The minimum absolute atomic E-state index is 0.0121. The lowest BCUT2D eigenvalue weighted by Gasteiger charge is -2.25. The Morgan fingerprint density at radius 1 is 1.00 bits per heavy atom. The van der Waals surface area contributed by atoms with Crippen LogP contribution in [0.3, 0.4) is 0 Å². The molecule has 1 atom stereocenters. The molecule has 0 aliphatic heterocycles. The van der Waals surface area contributed by atoms with E-state index >= 15 is 0 Å². The number of methoxy groups -OCH3 is 1. The number of ether oxygens (including phenoxy) is 1. The highest BCUT2D eigenvalue weighted by Gasteiger charge is 2.20. The number of sulfone groups is 1. The lowest BCUT2D eigenvalue weighted by atomic mass is 10.1. The van der Waals surface area contributed by atoms with Gasteiger partial charge in [0.1, 0.15) is 5.75 Å². The Morgan fingerprint density at radius 2 is 1.59 bits per heavy atom. The zero-order valence-electron chi connectivity index (χ0n) is 15.7. The minimum atomic E-state index is -3.78. The smallest absolute Gasteiger partial charge is 0.240 e. The van der Waals surface area contributed by atoms with Crippen LogP contribution in [0.15, 0.2) is 58.3 Å². The fourth-order valence-electron chi connectivity index (χ4n) is 2.59. The number of hydrogen-bond donors (Lipinski definition) is 1. The van der Waals surface area contributed by atoms with E-state index in [4.69, 9.17) is 4.74 Å². The second-order valence-corrected chi connectivity index (χ2v) is 10.1. The first-order valence-electron chi connectivity index (χ1n) is 8.15. The number of rotatable bonds is 8. The molecule has 2 aromatic rings. The van der Waals surface area contributed by atoms with Gasteiger partial charge in [-0.3, -0.25) is 0 Å². The molecule has 0 unspecified atom stereocenters. The van der Waals surface area contributed by atoms with Gasteiger partial charge in [-0.25, -0.2) is 21.6 Å². The van der Waals surface area contributed by atoms with Gasteiger partial charge >= 0.3 is 0 Å².